The van der Waals surface area contributed by atoms with Gasteiger partial charge in [-0.2, -0.15) is 0 Å². The summed E-state index contributed by atoms with van der Waals surface area (Å²) in [7, 11) is -2.91. The van der Waals surface area contributed by atoms with Crippen LogP contribution in [0.4, 0.5) is 0 Å². The van der Waals surface area contributed by atoms with Crippen LogP contribution in [0.15, 0.2) is 48.8 Å². The molecule has 1 saturated heterocycles. The molecule has 7 heteroatoms. The Morgan fingerprint density at radius 1 is 1.23 bits per heavy atom. The molecule has 26 heavy (non-hydrogen) atoms. The van der Waals surface area contributed by atoms with Gasteiger partial charge in [0.1, 0.15) is 0 Å². The highest BCUT2D eigenvalue weighted by atomic mass is 35.5. The highest BCUT2D eigenvalue weighted by Gasteiger charge is 2.28. The van der Waals surface area contributed by atoms with Gasteiger partial charge in [-0.05, 0) is 42.2 Å². The largest absolute Gasteiger partial charge is 0.356 e. The monoisotopic (exact) mass is 394 g/mol. The molecule has 0 radical (unpaired) electrons. The number of hydrogen-bond acceptors (Lipinski definition) is 3. The van der Waals surface area contributed by atoms with Gasteiger partial charge >= 0.3 is 0 Å². The SMILES string of the molecule is O=C(C[C@H](Cn1cccc1)c1ccc(Cl)cc1)NC[C@H]1CCS(=O)(=O)C1. The van der Waals surface area contributed by atoms with Gasteiger partial charge in [0, 0.05) is 42.8 Å². The molecule has 1 aliphatic rings. The Morgan fingerprint density at radius 2 is 1.92 bits per heavy atom. The van der Waals surface area contributed by atoms with Crippen molar-refractivity contribution in [3.05, 3.63) is 59.4 Å². The number of carbonyl (C=O) groups excluding carboxylic acids is 1. The third-order valence-corrected chi connectivity index (χ3v) is 6.87. The van der Waals surface area contributed by atoms with Crippen LogP contribution in [0.3, 0.4) is 0 Å². The van der Waals surface area contributed by atoms with Gasteiger partial charge in [0.2, 0.25) is 5.91 Å². The molecule has 1 aliphatic heterocycles. The zero-order valence-electron chi connectivity index (χ0n) is 14.5. The minimum absolute atomic E-state index is 0.0203. The highest BCUT2D eigenvalue weighted by Crippen LogP contribution is 2.24. The molecule has 0 spiro atoms. The second kappa shape index (κ2) is 8.27. The van der Waals surface area contributed by atoms with Crippen molar-refractivity contribution < 1.29 is 13.2 Å². The predicted octanol–water partition coefficient (Wildman–Crippen LogP) is 2.87. The summed E-state index contributed by atoms with van der Waals surface area (Å²) in [4.78, 5) is 12.4. The maximum atomic E-state index is 12.4. The standard InChI is InChI=1S/C19H23ClN2O3S/c20-18-5-3-16(4-6-18)17(13-22-8-1-2-9-22)11-19(23)21-12-15-7-10-26(24,25)14-15/h1-6,8-9,15,17H,7,10-14H2,(H,21,23)/t15-,17-/m1/s1. The molecule has 3 rings (SSSR count). The van der Waals surface area contributed by atoms with Crippen molar-refractivity contribution in [2.45, 2.75) is 25.3 Å². The average molecular weight is 395 g/mol. The van der Waals surface area contributed by atoms with Gasteiger partial charge in [0.05, 0.1) is 11.5 Å². The van der Waals surface area contributed by atoms with Gasteiger partial charge in [-0.15, -0.1) is 0 Å². The van der Waals surface area contributed by atoms with E-state index >= 15 is 0 Å². The maximum Gasteiger partial charge on any atom is 0.220 e. The van der Waals surface area contributed by atoms with Gasteiger partial charge < -0.3 is 9.88 Å². The van der Waals surface area contributed by atoms with E-state index in [1.165, 1.54) is 0 Å². The summed E-state index contributed by atoms with van der Waals surface area (Å²) in [6, 6.07) is 11.5. The molecule has 1 aromatic carbocycles. The molecule has 1 N–H and O–H groups in total. The van der Waals surface area contributed by atoms with Crippen molar-refractivity contribution in [3.8, 4) is 0 Å². The third kappa shape index (κ3) is 5.35. The van der Waals surface area contributed by atoms with E-state index in [0.717, 1.165) is 5.56 Å². The summed E-state index contributed by atoms with van der Waals surface area (Å²) < 4.78 is 25.1. The summed E-state index contributed by atoms with van der Waals surface area (Å²) in [5.74, 6) is 0.405. The minimum Gasteiger partial charge on any atom is -0.356 e. The molecule has 5 nitrogen and oxygen atoms in total. The molecule has 0 unspecified atom stereocenters. The van der Waals surface area contributed by atoms with Crippen LogP contribution >= 0.6 is 11.6 Å². The fourth-order valence-electron chi connectivity index (χ4n) is 3.36. The Hall–Kier alpha value is -1.79. The fourth-order valence-corrected chi connectivity index (χ4v) is 5.34. The first-order valence-electron chi connectivity index (χ1n) is 8.74. The normalized spacial score (nSPS) is 20.0. The number of aromatic nitrogens is 1. The molecule has 0 bridgehead atoms. The number of nitrogens with zero attached hydrogens (tertiary/aromatic N) is 1. The number of amides is 1. The van der Waals surface area contributed by atoms with Crippen LogP contribution in [0.2, 0.25) is 5.02 Å². The molecule has 140 valence electrons. The lowest BCUT2D eigenvalue weighted by Crippen LogP contribution is -2.31. The van der Waals surface area contributed by atoms with Crippen LogP contribution in [-0.4, -0.2) is 36.9 Å². The number of carbonyl (C=O) groups is 1. The van der Waals surface area contributed by atoms with Crippen molar-refractivity contribution in [3.63, 3.8) is 0 Å². The topological polar surface area (TPSA) is 68.2 Å². The van der Waals surface area contributed by atoms with Gasteiger partial charge in [0.25, 0.3) is 0 Å². The molecule has 0 aliphatic carbocycles. The minimum atomic E-state index is -2.91. The predicted molar refractivity (Wildman–Crippen MR) is 103 cm³/mol. The first-order chi connectivity index (χ1) is 12.4. The van der Waals surface area contributed by atoms with E-state index in [-0.39, 0.29) is 29.2 Å². The summed E-state index contributed by atoms with van der Waals surface area (Å²) in [6.07, 6.45) is 4.93. The molecule has 2 atom stereocenters. The number of hydrogen-bond donors (Lipinski definition) is 1. The fraction of sp³-hybridized carbons (Fsp3) is 0.421. The van der Waals surface area contributed by atoms with Crippen molar-refractivity contribution in [2.24, 2.45) is 5.92 Å². The van der Waals surface area contributed by atoms with Crippen LogP contribution in [0.25, 0.3) is 0 Å². The zero-order valence-corrected chi connectivity index (χ0v) is 16.0. The number of benzene rings is 1. The smallest absolute Gasteiger partial charge is 0.220 e. The highest BCUT2D eigenvalue weighted by molar-refractivity contribution is 7.91. The van der Waals surface area contributed by atoms with E-state index in [2.05, 4.69) is 9.88 Å². The van der Waals surface area contributed by atoms with E-state index in [0.29, 0.717) is 31.0 Å². The number of nitrogens with one attached hydrogen (secondary N) is 1. The number of sulfone groups is 1. The first kappa shape index (κ1) is 19.0. The zero-order chi connectivity index (χ0) is 18.6. The van der Waals surface area contributed by atoms with Gasteiger partial charge in [-0.1, -0.05) is 23.7 Å². The lowest BCUT2D eigenvalue weighted by molar-refractivity contribution is -0.121. The summed E-state index contributed by atoms with van der Waals surface area (Å²) in [5.41, 5.74) is 1.06. The van der Waals surface area contributed by atoms with E-state index in [4.69, 9.17) is 11.6 Å². The molecule has 1 amide bonds. The second-order valence-corrected chi connectivity index (χ2v) is 9.57. The van der Waals surface area contributed by atoms with Crippen LogP contribution < -0.4 is 5.32 Å². The summed E-state index contributed by atoms with van der Waals surface area (Å²) in [5, 5.41) is 3.58. The van der Waals surface area contributed by atoms with E-state index < -0.39 is 9.84 Å². The molecule has 2 heterocycles. The van der Waals surface area contributed by atoms with Gasteiger partial charge in [-0.25, -0.2) is 8.42 Å². The maximum absolute atomic E-state index is 12.4. The Morgan fingerprint density at radius 3 is 2.54 bits per heavy atom. The Bertz CT molecular complexity index is 832. The molecular formula is C19H23ClN2O3S. The molecule has 1 aromatic heterocycles. The van der Waals surface area contributed by atoms with Crippen molar-refractivity contribution in [1.82, 2.24) is 9.88 Å². The van der Waals surface area contributed by atoms with Crippen molar-refractivity contribution >= 4 is 27.3 Å². The van der Waals surface area contributed by atoms with Crippen LogP contribution in [0.1, 0.15) is 24.3 Å². The van der Waals surface area contributed by atoms with E-state index in [1.54, 1.807) is 0 Å². The molecule has 2 aromatic rings. The van der Waals surface area contributed by atoms with E-state index in [1.807, 2.05) is 48.8 Å². The lowest BCUT2D eigenvalue weighted by Gasteiger charge is -2.19. The molecule has 0 saturated carbocycles. The van der Waals surface area contributed by atoms with E-state index in [9.17, 15) is 13.2 Å². The van der Waals surface area contributed by atoms with Crippen molar-refractivity contribution in [2.75, 3.05) is 18.1 Å². The van der Waals surface area contributed by atoms with Crippen LogP contribution in [0, 0.1) is 5.92 Å². The third-order valence-electron chi connectivity index (χ3n) is 4.79. The lowest BCUT2D eigenvalue weighted by atomic mass is 9.95. The first-order valence-corrected chi connectivity index (χ1v) is 10.9. The van der Waals surface area contributed by atoms with Gasteiger partial charge in [0.15, 0.2) is 9.84 Å². The Balaban J connectivity index is 1.61. The van der Waals surface area contributed by atoms with Crippen LogP contribution in [-0.2, 0) is 21.2 Å². The second-order valence-electron chi connectivity index (χ2n) is 6.91. The summed E-state index contributed by atoms with van der Waals surface area (Å²) in [6.45, 7) is 1.12. The Kier molecular flexibility index (Phi) is 6.04. The number of rotatable bonds is 7. The Labute approximate surface area is 159 Å². The molecular weight excluding hydrogens is 372 g/mol. The van der Waals surface area contributed by atoms with Crippen LogP contribution in [0.5, 0.6) is 0 Å². The summed E-state index contributed by atoms with van der Waals surface area (Å²) >= 11 is 5.98. The number of halogens is 1. The van der Waals surface area contributed by atoms with Crippen molar-refractivity contribution in [1.29, 1.82) is 0 Å². The molecule has 1 fully saturated rings. The average Bonchev–Trinajstić information content (AvgIpc) is 3.22. The quantitative estimate of drug-likeness (QED) is 0.785. The van der Waals surface area contributed by atoms with Gasteiger partial charge in [-0.3, -0.25) is 4.79 Å².